The Labute approximate surface area is 175 Å². The summed E-state index contributed by atoms with van der Waals surface area (Å²) in [5.41, 5.74) is 4.40. The third-order valence-electron chi connectivity index (χ3n) is 7.00. The molecule has 1 unspecified atom stereocenters. The highest BCUT2D eigenvalue weighted by molar-refractivity contribution is 5.66. The predicted molar refractivity (Wildman–Crippen MR) is 115 cm³/mol. The Morgan fingerprint density at radius 3 is 2.76 bits per heavy atom. The molecular weight excluding hydrogens is 364 g/mol. The molecule has 2 aliphatic rings. The Balaban J connectivity index is 1.59. The lowest BCUT2D eigenvalue weighted by atomic mass is 9.67. The van der Waals surface area contributed by atoms with Crippen molar-refractivity contribution in [2.45, 2.75) is 89.6 Å². The Morgan fingerprint density at radius 2 is 2.03 bits per heavy atom. The number of aliphatic carboxylic acids is 1. The van der Waals surface area contributed by atoms with Gasteiger partial charge in [-0.1, -0.05) is 38.0 Å². The van der Waals surface area contributed by atoms with E-state index in [0.29, 0.717) is 31.5 Å². The fourth-order valence-corrected chi connectivity index (χ4v) is 5.50. The largest absolute Gasteiger partial charge is 0.481 e. The van der Waals surface area contributed by atoms with E-state index in [1.807, 2.05) is 0 Å². The fraction of sp³-hybridized carbons (Fsp3) is 0.720. The van der Waals surface area contributed by atoms with Gasteiger partial charge in [-0.25, -0.2) is 0 Å². The van der Waals surface area contributed by atoms with Gasteiger partial charge in [-0.05, 0) is 85.8 Å². The summed E-state index contributed by atoms with van der Waals surface area (Å²) in [5.74, 6) is 1.31. The molecule has 1 aromatic rings. The van der Waals surface area contributed by atoms with Crippen LogP contribution in [0.1, 0.15) is 87.3 Å². The number of rotatable bonds is 11. The van der Waals surface area contributed by atoms with Gasteiger partial charge >= 0.3 is 5.97 Å². The normalized spacial score (nSPS) is 26.4. The summed E-state index contributed by atoms with van der Waals surface area (Å²) in [6.07, 6.45) is 11.0. The van der Waals surface area contributed by atoms with E-state index in [2.05, 4.69) is 25.1 Å². The van der Waals surface area contributed by atoms with E-state index in [1.54, 1.807) is 5.56 Å². The molecule has 162 valence electrons. The average Bonchev–Trinajstić information content (AvgIpc) is 3.14. The second-order valence-corrected chi connectivity index (χ2v) is 9.07. The number of aliphatic hydroxyl groups excluding tert-OH is 1. The van der Waals surface area contributed by atoms with Crippen LogP contribution in [0.2, 0.25) is 0 Å². The van der Waals surface area contributed by atoms with Crippen molar-refractivity contribution < 1.29 is 19.7 Å². The second-order valence-electron chi connectivity index (χ2n) is 9.07. The number of hydrogen-bond acceptors (Lipinski definition) is 3. The van der Waals surface area contributed by atoms with E-state index < -0.39 is 5.97 Å². The van der Waals surface area contributed by atoms with Crippen molar-refractivity contribution in [1.29, 1.82) is 0 Å². The van der Waals surface area contributed by atoms with E-state index in [1.165, 1.54) is 43.2 Å². The van der Waals surface area contributed by atoms with Crippen molar-refractivity contribution in [2.24, 2.45) is 11.8 Å². The number of carbonyl (C=O) groups is 1. The van der Waals surface area contributed by atoms with Crippen LogP contribution in [0.25, 0.3) is 0 Å². The number of aryl methyl sites for hydroxylation is 1. The van der Waals surface area contributed by atoms with Crippen molar-refractivity contribution in [3.8, 4) is 0 Å². The van der Waals surface area contributed by atoms with Gasteiger partial charge in [0.25, 0.3) is 0 Å². The summed E-state index contributed by atoms with van der Waals surface area (Å²) in [6, 6.07) is 7.02. The number of ether oxygens (including phenoxy) is 1. The summed E-state index contributed by atoms with van der Waals surface area (Å²) in [4.78, 5) is 10.5. The molecule has 2 aliphatic carbocycles. The van der Waals surface area contributed by atoms with Crippen LogP contribution >= 0.6 is 0 Å². The molecule has 4 heteroatoms. The van der Waals surface area contributed by atoms with E-state index in [-0.39, 0.29) is 12.5 Å². The van der Waals surface area contributed by atoms with E-state index >= 15 is 0 Å². The third kappa shape index (κ3) is 6.29. The molecule has 0 bridgehead atoms. The monoisotopic (exact) mass is 402 g/mol. The van der Waals surface area contributed by atoms with Gasteiger partial charge in [-0.15, -0.1) is 0 Å². The van der Waals surface area contributed by atoms with Gasteiger partial charge in [0, 0.05) is 13.0 Å². The first-order valence-corrected chi connectivity index (χ1v) is 11.7. The molecule has 29 heavy (non-hydrogen) atoms. The second kappa shape index (κ2) is 11.1. The zero-order chi connectivity index (χ0) is 20.6. The maximum atomic E-state index is 10.5. The number of carboxylic acid groups (broad SMARTS) is 1. The van der Waals surface area contributed by atoms with Gasteiger partial charge in [0.15, 0.2) is 0 Å². The predicted octanol–water partition coefficient (Wildman–Crippen LogP) is 5.11. The molecule has 1 saturated carbocycles. The highest BCUT2D eigenvalue weighted by Crippen LogP contribution is 2.47. The van der Waals surface area contributed by atoms with Crippen LogP contribution in [0.4, 0.5) is 0 Å². The summed E-state index contributed by atoms with van der Waals surface area (Å²) in [5, 5.41) is 18.7. The summed E-state index contributed by atoms with van der Waals surface area (Å²) >= 11 is 0. The molecule has 1 aromatic carbocycles. The maximum Gasteiger partial charge on any atom is 0.303 e. The van der Waals surface area contributed by atoms with Gasteiger partial charge in [-0.2, -0.15) is 0 Å². The summed E-state index contributed by atoms with van der Waals surface area (Å²) in [6.45, 7) is 3.45. The molecule has 0 radical (unpaired) electrons. The Morgan fingerprint density at radius 1 is 1.17 bits per heavy atom. The van der Waals surface area contributed by atoms with Crippen molar-refractivity contribution in [3.05, 3.63) is 34.9 Å². The molecule has 4 nitrogen and oxygen atoms in total. The fourth-order valence-electron chi connectivity index (χ4n) is 5.50. The third-order valence-corrected chi connectivity index (χ3v) is 7.00. The number of fused-ring (bicyclic) bond motifs is 1. The van der Waals surface area contributed by atoms with Crippen LogP contribution in [0.15, 0.2) is 18.2 Å². The molecule has 0 aliphatic heterocycles. The molecule has 2 N–H and O–H groups in total. The average molecular weight is 403 g/mol. The van der Waals surface area contributed by atoms with E-state index in [9.17, 15) is 9.90 Å². The number of hydrogen-bond donors (Lipinski definition) is 2. The zero-order valence-corrected chi connectivity index (χ0v) is 17.9. The first kappa shape index (κ1) is 22.3. The van der Waals surface area contributed by atoms with Gasteiger partial charge < -0.3 is 14.9 Å². The van der Waals surface area contributed by atoms with E-state index in [4.69, 9.17) is 9.84 Å². The number of unbranched alkanes of at least 4 members (excludes halogenated alkanes) is 1. The topological polar surface area (TPSA) is 66.8 Å². The quantitative estimate of drug-likeness (QED) is 0.505. The Kier molecular flexibility index (Phi) is 8.55. The standard InChI is InChI=1S/C25H38O4/c1-2-3-5-24-22-11-7-18(13-15-29-14-4-6-25(27)28)16-19(22)9-12-23(24)20-8-10-21(26)17-20/h7,11,16,20-21,23-24,26H,2-6,8-10,12-15,17H2,1H3,(H,27,28)/t20-,21-,23?,24-/m1/s1. The SMILES string of the molecule is CCCC[C@@H]1c2ccc(CCOCCCC(=O)O)cc2CCC1[C@@H]1CC[C@@H](O)C1. The molecule has 3 rings (SSSR count). The molecule has 0 amide bonds. The highest BCUT2D eigenvalue weighted by atomic mass is 16.5. The molecule has 1 fully saturated rings. The number of carboxylic acids is 1. The lowest BCUT2D eigenvalue weighted by Crippen LogP contribution is -2.27. The van der Waals surface area contributed by atoms with Crippen molar-refractivity contribution in [2.75, 3.05) is 13.2 Å². The van der Waals surface area contributed by atoms with Gasteiger partial charge in [0.2, 0.25) is 0 Å². The zero-order valence-electron chi connectivity index (χ0n) is 17.9. The molecule has 0 aromatic heterocycles. The lowest BCUT2D eigenvalue weighted by molar-refractivity contribution is -0.137. The van der Waals surface area contributed by atoms with Crippen LogP contribution in [-0.2, 0) is 22.4 Å². The smallest absolute Gasteiger partial charge is 0.303 e. The van der Waals surface area contributed by atoms with Crippen molar-refractivity contribution >= 4 is 5.97 Å². The Bertz CT molecular complexity index is 656. The molecule has 0 spiro atoms. The summed E-state index contributed by atoms with van der Waals surface area (Å²) in [7, 11) is 0. The molecular formula is C25H38O4. The van der Waals surface area contributed by atoms with Gasteiger partial charge in [-0.3, -0.25) is 4.79 Å². The first-order valence-electron chi connectivity index (χ1n) is 11.7. The number of benzene rings is 1. The van der Waals surface area contributed by atoms with Crippen LogP contribution in [-0.4, -0.2) is 35.5 Å². The Hall–Kier alpha value is -1.39. The summed E-state index contributed by atoms with van der Waals surface area (Å²) < 4.78 is 5.61. The van der Waals surface area contributed by atoms with Crippen LogP contribution in [0.3, 0.4) is 0 Å². The van der Waals surface area contributed by atoms with Crippen molar-refractivity contribution in [3.63, 3.8) is 0 Å². The minimum absolute atomic E-state index is 0.0777. The van der Waals surface area contributed by atoms with Crippen LogP contribution in [0.5, 0.6) is 0 Å². The van der Waals surface area contributed by atoms with Gasteiger partial charge in [0.1, 0.15) is 0 Å². The van der Waals surface area contributed by atoms with Crippen molar-refractivity contribution in [1.82, 2.24) is 0 Å². The molecule has 0 saturated heterocycles. The van der Waals surface area contributed by atoms with Gasteiger partial charge in [0.05, 0.1) is 12.7 Å². The minimum Gasteiger partial charge on any atom is -0.481 e. The van der Waals surface area contributed by atoms with Crippen LogP contribution in [0, 0.1) is 11.8 Å². The van der Waals surface area contributed by atoms with E-state index in [0.717, 1.165) is 31.6 Å². The molecule has 4 atom stereocenters. The molecule has 0 heterocycles. The van der Waals surface area contributed by atoms with Crippen LogP contribution < -0.4 is 0 Å². The number of aliphatic hydroxyl groups is 1. The first-order chi connectivity index (χ1) is 14.1. The lowest BCUT2D eigenvalue weighted by Gasteiger charge is -2.38. The minimum atomic E-state index is -0.758. The maximum absolute atomic E-state index is 10.5. The highest BCUT2D eigenvalue weighted by Gasteiger charge is 2.37.